The zero-order valence-corrected chi connectivity index (χ0v) is 11.8. The van der Waals surface area contributed by atoms with Gasteiger partial charge in [-0.2, -0.15) is 13.2 Å². The van der Waals surface area contributed by atoms with Crippen LogP contribution >= 0.6 is 0 Å². The lowest BCUT2D eigenvalue weighted by atomic mass is 9.84. The first-order valence-electron chi connectivity index (χ1n) is 7.37. The van der Waals surface area contributed by atoms with E-state index < -0.39 is 11.7 Å². The number of rotatable bonds is 4. The molecule has 1 aromatic rings. The van der Waals surface area contributed by atoms with E-state index in [1.165, 1.54) is 38.2 Å². The number of nitrogens with one attached hydrogen (secondary N) is 1. The lowest BCUT2D eigenvalue weighted by Crippen LogP contribution is -2.34. The fourth-order valence-electron chi connectivity index (χ4n) is 3.02. The molecule has 1 atom stereocenters. The summed E-state index contributed by atoms with van der Waals surface area (Å²) in [7, 11) is 0. The van der Waals surface area contributed by atoms with Crippen molar-refractivity contribution < 1.29 is 13.2 Å². The Morgan fingerprint density at radius 3 is 2.45 bits per heavy atom. The van der Waals surface area contributed by atoms with Crippen LogP contribution < -0.4 is 5.32 Å². The minimum absolute atomic E-state index is 0.275. The Labute approximate surface area is 118 Å². The third-order valence-electron chi connectivity index (χ3n) is 4.29. The van der Waals surface area contributed by atoms with E-state index in [2.05, 4.69) is 12.2 Å². The van der Waals surface area contributed by atoms with Crippen LogP contribution in [0.15, 0.2) is 24.3 Å². The Morgan fingerprint density at radius 1 is 1.15 bits per heavy atom. The van der Waals surface area contributed by atoms with Gasteiger partial charge in [-0.25, -0.2) is 0 Å². The second-order valence-electron chi connectivity index (χ2n) is 5.72. The predicted molar refractivity (Wildman–Crippen MR) is 74.3 cm³/mol. The predicted octanol–water partition coefficient (Wildman–Crippen LogP) is 4.76. The number of benzene rings is 1. The Bertz CT molecular complexity index is 422. The first-order chi connectivity index (χ1) is 9.48. The summed E-state index contributed by atoms with van der Waals surface area (Å²) in [5.74, 6) is 0.599. The molecule has 0 bridgehead atoms. The Balaban J connectivity index is 1.96. The summed E-state index contributed by atoms with van der Waals surface area (Å²) in [6.07, 6.45) is 1.89. The van der Waals surface area contributed by atoms with E-state index in [0.29, 0.717) is 11.5 Å². The number of halogens is 3. The lowest BCUT2D eigenvalue weighted by molar-refractivity contribution is -0.138. The van der Waals surface area contributed by atoms with Gasteiger partial charge < -0.3 is 5.32 Å². The third kappa shape index (κ3) is 3.98. The molecule has 0 heterocycles. The van der Waals surface area contributed by atoms with Crippen molar-refractivity contribution in [2.24, 2.45) is 5.92 Å². The molecule has 1 nitrogen and oxygen atoms in total. The normalized spacial score (nSPS) is 19.0. The Kier molecular flexibility index (Phi) is 5.08. The van der Waals surface area contributed by atoms with Gasteiger partial charge in [0.1, 0.15) is 0 Å². The van der Waals surface area contributed by atoms with Crippen LogP contribution in [-0.4, -0.2) is 6.04 Å². The molecule has 20 heavy (non-hydrogen) atoms. The molecule has 0 radical (unpaired) electrons. The monoisotopic (exact) mass is 285 g/mol. The van der Waals surface area contributed by atoms with Gasteiger partial charge in [-0.15, -0.1) is 0 Å². The SMILES string of the molecule is C[C@@H](NCc1ccccc1C(F)(F)F)C1CCCCC1. The van der Waals surface area contributed by atoms with Crippen molar-refractivity contribution in [1.29, 1.82) is 0 Å². The molecule has 1 aliphatic rings. The van der Waals surface area contributed by atoms with Gasteiger partial charge in [-0.05, 0) is 37.3 Å². The molecule has 0 unspecified atom stereocenters. The molecule has 0 spiro atoms. The van der Waals surface area contributed by atoms with E-state index in [4.69, 9.17) is 0 Å². The van der Waals surface area contributed by atoms with Crippen LogP contribution in [0.5, 0.6) is 0 Å². The first kappa shape index (κ1) is 15.4. The second-order valence-corrected chi connectivity index (χ2v) is 5.72. The molecule has 1 aromatic carbocycles. The fourth-order valence-corrected chi connectivity index (χ4v) is 3.02. The van der Waals surface area contributed by atoms with Crippen LogP contribution in [0.25, 0.3) is 0 Å². The average molecular weight is 285 g/mol. The maximum atomic E-state index is 12.9. The molecule has 2 rings (SSSR count). The quantitative estimate of drug-likeness (QED) is 0.840. The maximum absolute atomic E-state index is 12.9. The van der Waals surface area contributed by atoms with Gasteiger partial charge in [0.15, 0.2) is 0 Å². The summed E-state index contributed by atoms with van der Waals surface area (Å²) in [5, 5.41) is 3.28. The highest BCUT2D eigenvalue weighted by atomic mass is 19.4. The van der Waals surface area contributed by atoms with Crippen LogP contribution in [0.2, 0.25) is 0 Å². The molecular formula is C16H22F3N. The van der Waals surface area contributed by atoms with Crippen molar-refractivity contribution in [2.75, 3.05) is 0 Å². The van der Waals surface area contributed by atoms with Crippen molar-refractivity contribution in [2.45, 2.75) is 57.8 Å². The molecule has 0 aliphatic heterocycles. The van der Waals surface area contributed by atoms with Crippen LogP contribution in [0.4, 0.5) is 13.2 Å². The minimum Gasteiger partial charge on any atom is -0.310 e. The molecule has 1 aliphatic carbocycles. The Hall–Kier alpha value is -1.03. The summed E-state index contributed by atoms with van der Waals surface area (Å²) in [5.41, 5.74) is -0.189. The van der Waals surface area contributed by atoms with Crippen molar-refractivity contribution in [3.8, 4) is 0 Å². The topological polar surface area (TPSA) is 12.0 Å². The van der Waals surface area contributed by atoms with Gasteiger partial charge >= 0.3 is 6.18 Å². The van der Waals surface area contributed by atoms with E-state index in [1.807, 2.05) is 0 Å². The third-order valence-corrected chi connectivity index (χ3v) is 4.29. The molecular weight excluding hydrogens is 263 g/mol. The van der Waals surface area contributed by atoms with Crippen molar-refractivity contribution in [3.05, 3.63) is 35.4 Å². The molecule has 0 aromatic heterocycles. The van der Waals surface area contributed by atoms with Crippen molar-refractivity contribution >= 4 is 0 Å². The summed E-state index contributed by atoms with van der Waals surface area (Å²) >= 11 is 0. The highest BCUT2D eigenvalue weighted by Crippen LogP contribution is 2.32. The summed E-state index contributed by atoms with van der Waals surface area (Å²) in [6.45, 7) is 2.37. The number of hydrogen-bond acceptors (Lipinski definition) is 1. The van der Waals surface area contributed by atoms with E-state index in [-0.39, 0.29) is 12.6 Å². The number of alkyl halides is 3. The minimum atomic E-state index is -4.27. The van der Waals surface area contributed by atoms with E-state index >= 15 is 0 Å². The maximum Gasteiger partial charge on any atom is 0.416 e. The molecule has 1 fully saturated rings. The fraction of sp³-hybridized carbons (Fsp3) is 0.625. The molecule has 0 saturated heterocycles. The number of hydrogen-bond donors (Lipinski definition) is 1. The van der Waals surface area contributed by atoms with Gasteiger partial charge in [-0.3, -0.25) is 0 Å². The summed E-state index contributed by atoms with van der Waals surface area (Å²) in [4.78, 5) is 0. The second kappa shape index (κ2) is 6.61. The highest BCUT2D eigenvalue weighted by molar-refractivity contribution is 5.29. The van der Waals surface area contributed by atoms with Gasteiger partial charge in [0.25, 0.3) is 0 Å². The van der Waals surface area contributed by atoms with Gasteiger partial charge in [-0.1, -0.05) is 37.5 Å². The smallest absolute Gasteiger partial charge is 0.310 e. The van der Waals surface area contributed by atoms with E-state index in [1.54, 1.807) is 12.1 Å². The highest BCUT2D eigenvalue weighted by Gasteiger charge is 2.32. The zero-order valence-electron chi connectivity index (χ0n) is 11.8. The van der Waals surface area contributed by atoms with Gasteiger partial charge in [0.05, 0.1) is 5.56 Å². The molecule has 112 valence electrons. The molecule has 4 heteroatoms. The van der Waals surface area contributed by atoms with E-state index in [0.717, 1.165) is 6.07 Å². The van der Waals surface area contributed by atoms with Crippen LogP contribution in [0.1, 0.15) is 50.2 Å². The largest absolute Gasteiger partial charge is 0.416 e. The van der Waals surface area contributed by atoms with Gasteiger partial charge in [0, 0.05) is 12.6 Å². The summed E-state index contributed by atoms with van der Waals surface area (Å²) in [6, 6.07) is 6.09. The van der Waals surface area contributed by atoms with Crippen LogP contribution in [0, 0.1) is 5.92 Å². The van der Waals surface area contributed by atoms with Gasteiger partial charge in [0.2, 0.25) is 0 Å². The van der Waals surface area contributed by atoms with Crippen LogP contribution in [-0.2, 0) is 12.7 Å². The average Bonchev–Trinajstić information content (AvgIpc) is 2.45. The Morgan fingerprint density at radius 2 is 1.80 bits per heavy atom. The lowest BCUT2D eigenvalue weighted by Gasteiger charge is -2.28. The first-order valence-corrected chi connectivity index (χ1v) is 7.37. The van der Waals surface area contributed by atoms with Crippen LogP contribution in [0.3, 0.4) is 0 Å². The molecule has 1 saturated carbocycles. The molecule has 1 N–H and O–H groups in total. The van der Waals surface area contributed by atoms with Crippen molar-refractivity contribution in [1.82, 2.24) is 5.32 Å². The molecule has 0 amide bonds. The van der Waals surface area contributed by atoms with E-state index in [9.17, 15) is 13.2 Å². The van der Waals surface area contributed by atoms with Crippen molar-refractivity contribution in [3.63, 3.8) is 0 Å². The zero-order chi connectivity index (χ0) is 14.6. The standard InChI is InChI=1S/C16H22F3N/c1-12(13-7-3-2-4-8-13)20-11-14-9-5-6-10-15(14)16(17,18)19/h5-6,9-10,12-13,20H,2-4,7-8,11H2,1H3/t12-/m1/s1. The summed E-state index contributed by atoms with van der Waals surface area (Å²) < 4.78 is 38.7.